The zero-order valence-electron chi connectivity index (χ0n) is 15.5. The number of aromatic nitrogens is 4. The fourth-order valence-electron chi connectivity index (χ4n) is 3.27. The van der Waals surface area contributed by atoms with Crippen LogP contribution in [-0.2, 0) is 0 Å². The lowest BCUT2D eigenvalue weighted by molar-refractivity contribution is 0.0535. The Balaban J connectivity index is 1.49. The Morgan fingerprint density at radius 3 is 2.17 bits per heavy atom. The fourth-order valence-corrected chi connectivity index (χ4v) is 3.76. The van der Waals surface area contributed by atoms with Gasteiger partial charge in [0.2, 0.25) is 0 Å². The van der Waals surface area contributed by atoms with Crippen LogP contribution in [0, 0.1) is 5.82 Å². The molecule has 154 valence electrons. The van der Waals surface area contributed by atoms with Gasteiger partial charge in [-0.1, -0.05) is 23.2 Å². The molecule has 0 N–H and O–H groups in total. The first-order valence-corrected chi connectivity index (χ1v) is 9.76. The van der Waals surface area contributed by atoms with Gasteiger partial charge in [0.05, 0.1) is 21.8 Å². The van der Waals surface area contributed by atoms with Gasteiger partial charge >= 0.3 is 0 Å². The number of tetrazole rings is 1. The summed E-state index contributed by atoms with van der Waals surface area (Å²) in [5, 5.41) is 11.6. The number of carbonyl (C=O) groups is 2. The topological polar surface area (TPSA) is 84.2 Å². The Bertz CT molecular complexity index is 1100. The third-order valence-corrected chi connectivity index (χ3v) is 5.35. The number of halogens is 3. The van der Waals surface area contributed by atoms with E-state index >= 15 is 0 Å². The van der Waals surface area contributed by atoms with Crippen molar-refractivity contribution in [3.8, 4) is 5.69 Å². The first-order chi connectivity index (χ1) is 14.4. The van der Waals surface area contributed by atoms with Crippen LogP contribution in [-0.4, -0.2) is 68.0 Å². The van der Waals surface area contributed by atoms with Crippen LogP contribution in [0.3, 0.4) is 0 Å². The monoisotopic (exact) mass is 448 g/mol. The highest BCUT2D eigenvalue weighted by Gasteiger charge is 2.28. The predicted octanol–water partition coefficient (Wildman–Crippen LogP) is 2.71. The van der Waals surface area contributed by atoms with E-state index in [1.807, 2.05) is 0 Å². The van der Waals surface area contributed by atoms with E-state index in [0.29, 0.717) is 42.5 Å². The molecule has 1 aromatic heterocycles. The summed E-state index contributed by atoms with van der Waals surface area (Å²) in [5.41, 5.74) is 0.868. The maximum Gasteiger partial charge on any atom is 0.256 e. The third kappa shape index (κ3) is 3.99. The van der Waals surface area contributed by atoms with Crippen LogP contribution in [0.1, 0.15) is 20.7 Å². The Morgan fingerprint density at radius 1 is 0.900 bits per heavy atom. The van der Waals surface area contributed by atoms with E-state index in [0.717, 1.165) is 6.07 Å². The molecule has 0 aliphatic carbocycles. The molecule has 1 fully saturated rings. The summed E-state index contributed by atoms with van der Waals surface area (Å²) in [6.45, 7) is 1.22. The molecule has 3 aromatic rings. The van der Waals surface area contributed by atoms with E-state index < -0.39 is 5.82 Å². The first kappa shape index (κ1) is 20.2. The van der Waals surface area contributed by atoms with Gasteiger partial charge in [-0.15, -0.1) is 5.10 Å². The minimum absolute atomic E-state index is 0.142. The molecular formula is C19H15Cl2FN6O2. The molecule has 0 bridgehead atoms. The van der Waals surface area contributed by atoms with E-state index in [2.05, 4.69) is 15.5 Å². The van der Waals surface area contributed by atoms with Crippen molar-refractivity contribution in [3.63, 3.8) is 0 Å². The van der Waals surface area contributed by atoms with Crippen molar-refractivity contribution in [2.24, 2.45) is 0 Å². The number of hydrogen-bond acceptors (Lipinski definition) is 5. The molecule has 1 saturated heterocycles. The maximum absolute atomic E-state index is 13.8. The highest BCUT2D eigenvalue weighted by molar-refractivity contribution is 6.36. The molecule has 2 heterocycles. The molecule has 1 aliphatic heterocycles. The van der Waals surface area contributed by atoms with Gasteiger partial charge in [-0.3, -0.25) is 9.59 Å². The second kappa shape index (κ2) is 8.37. The SMILES string of the molecule is O=C(c1ccc(Cl)cc1Cl)N1CCN(C(=O)c2cc(F)ccc2-n2cnnn2)CC1. The first-order valence-electron chi connectivity index (χ1n) is 9.00. The summed E-state index contributed by atoms with van der Waals surface area (Å²) in [6.07, 6.45) is 1.33. The largest absolute Gasteiger partial charge is 0.335 e. The molecule has 8 nitrogen and oxygen atoms in total. The van der Waals surface area contributed by atoms with Gasteiger partial charge in [-0.25, -0.2) is 4.39 Å². The fraction of sp³-hybridized carbons (Fsp3) is 0.211. The van der Waals surface area contributed by atoms with Gasteiger partial charge in [0.15, 0.2) is 0 Å². The Kier molecular flexibility index (Phi) is 5.65. The average Bonchev–Trinajstić information content (AvgIpc) is 3.27. The average molecular weight is 449 g/mol. The molecule has 0 unspecified atom stereocenters. The standard InChI is InChI=1S/C19H15Cl2FN6O2/c20-12-1-3-14(16(21)9-12)18(29)26-5-7-27(8-6-26)19(30)15-10-13(22)2-4-17(15)28-11-23-24-25-28/h1-4,9-11H,5-8H2. The lowest BCUT2D eigenvalue weighted by atomic mass is 10.1. The molecular weight excluding hydrogens is 434 g/mol. The van der Waals surface area contributed by atoms with Crippen LogP contribution in [0.5, 0.6) is 0 Å². The van der Waals surface area contributed by atoms with Gasteiger partial charge in [-0.05, 0) is 46.8 Å². The van der Waals surface area contributed by atoms with E-state index in [1.165, 1.54) is 29.2 Å². The molecule has 0 spiro atoms. The number of amides is 2. The van der Waals surface area contributed by atoms with Crippen LogP contribution in [0.25, 0.3) is 5.69 Å². The lowest BCUT2D eigenvalue weighted by Gasteiger charge is -2.35. The highest BCUT2D eigenvalue weighted by Crippen LogP contribution is 2.23. The van der Waals surface area contributed by atoms with E-state index in [-0.39, 0.29) is 22.4 Å². The van der Waals surface area contributed by atoms with Gasteiger partial charge in [0.25, 0.3) is 11.8 Å². The van der Waals surface area contributed by atoms with Crippen LogP contribution in [0.4, 0.5) is 4.39 Å². The van der Waals surface area contributed by atoms with Crippen molar-refractivity contribution in [1.82, 2.24) is 30.0 Å². The number of hydrogen-bond donors (Lipinski definition) is 0. The van der Waals surface area contributed by atoms with Gasteiger partial charge < -0.3 is 9.80 Å². The summed E-state index contributed by atoms with van der Waals surface area (Å²) in [5.74, 6) is -1.14. The molecule has 0 saturated carbocycles. The smallest absolute Gasteiger partial charge is 0.256 e. The van der Waals surface area contributed by atoms with Gasteiger partial charge in [-0.2, -0.15) is 4.68 Å². The minimum atomic E-state index is -0.540. The summed E-state index contributed by atoms with van der Waals surface area (Å²) in [7, 11) is 0. The molecule has 0 atom stereocenters. The Labute approximate surface area is 180 Å². The zero-order valence-corrected chi connectivity index (χ0v) is 17.0. The summed E-state index contributed by atoms with van der Waals surface area (Å²) in [4.78, 5) is 29.0. The summed E-state index contributed by atoms with van der Waals surface area (Å²) >= 11 is 12.0. The number of benzene rings is 2. The predicted molar refractivity (Wildman–Crippen MR) is 107 cm³/mol. The second-order valence-corrected chi connectivity index (χ2v) is 7.47. The van der Waals surface area contributed by atoms with Crippen LogP contribution in [0.15, 0.2) is 42.7 Å². The van der Waals surface area contributed by atoms with Crippen molar-refractivity contribution in [3.05, 3.63) is 69.7 Å². The molecule has 1 aliphatic rings. The van der Waals surface area contributed by atoms with Crippen molar-refractivity contribution in [2.45, 2.75) is 0 Å². The van der Waals surface area contributed by atoms with E-state index in [9.17, 15) is 14.0 Å². The molecule has 11 heteroatoms. The molecule has 30 heavy (non-hydrogen) atoms. The quantitative estimate of drug-likeness (QED) is 0.614. The number of carbonyl (C=O) groups excluding carboxylic acids is 2. The van der Waals surface area contributed by atoms with Crippen LogP contribution in [0.2, 0.25) is 10.0 Å². The van der Waals surface area contributed by atoms with Gasteiger partial charge in [0.1, 0.15) is 12.1 Å². The Morgan fingerprint density at radius 2 is 1.57 bits per heavy atom. The summed E-state index contributed by atoms with van der Waals surface area (Å²) < 4.78 is 15.1. The van der Waals surface area contributed by atoms with Crippen molar-refractivity contribution < 1.29 is 14.0 Å². The van der Waals surface area contributed by atoms with E-state index in [4.69, 9.17) is 23.2 Å². The molecule has 0 radical (unpaired) electrons. The van der Waals surface area contributed by atoms with Crippen LogP contribution < -0.4 is 0 Å². The van der Waals surface area contributed by atoms with Crippen molar-refractivity contribution in [1.29, 1.82) is 0 Å². The summed E-state index contributed by atoms with van der Waals surface area (Å²) in [6, 6.07) is 8.53. The normalized spacial score (nSPS) is 14.1. The van der Waals surface area contributed by atoms with E-state index in [1.54, 1.807) is 21.9 Å². The second-order valence-electron chi connectivity index (χ2n) is 6.62. The van der Waals surface area contributed by atoms with Crippen LogP contribution >= 0.6 is 23.2 Å². The Hall–Kier alpha value is -3.04. The lowest BCUT2D eigenvalue weighted by Crippen LogP contribution is -2.50. The molecule has 2 aromatic carbocycles. The third-order valence-electron chi connectivity index (χ3n) is 4.80. The zero-order chi connectivity index (χ0) is 21.3. The van der Waals surface area contributed by atoms with Crippen molar-refractivity contribution >= 4 is 35.0 Å². The highest BCUT2D eigenvalue weighted by atomic mass is 35.5. The molecule has 2 amide bonds. The molecule has 4 rings (SSSR count). The number of rotatable bonds is 3. The van der Waals surface area contributed by atoms with Crippen molar-refractivity contribution in [2.75, 3.05) is 26.2 Å². The number of nitrogens with zero attached hydrogens (tertiary/aromatic N) is 6. The maximum atomic E-state index is 13.8. The number of piperazine rings is 1. The minimum Gasteiger partial charge on any atom is -0.335 e. The van der Waals surface area contributed by atoms with Gasteiger partial charge in [0, 0.05) is 31.2 Å².